The summed E-state index contributed by atoms with van der Waals surface area (Å²) in [4.78, 5) is 11.6. The summed E-state index contributed by atoms with van der Waals surface area (Å²) < 4.78 is 25.6. The van der Waals surface area contributed by atoms with Crippen molar-refractivity contribution in [1.82, 2.24) is 9.62 Å². The van der Waals surface area contributed by atoms with Crippen molar-refractivity contribution in [3.8, 4) is 0 Å². The SMILES string of the molecule is CCC1C(=O)NCCN1S(=O)(=O)CC1CC1. The average Bonchev–Trinajstić information content (AvgIpc) is 3.00. The van der Waals surface area contributed by atoms with Crippen molar-refractivity contribution < 1.29 is 13.2 Å². The van der Waals surface area contributed by atoms with E-state index in [1.165, 1.54) is 4.31 Å². The second-order valence-electron chi connectivity index (χ2n) is 4.55. The van der Waals surface area contributed by atoms with Crippen LogP contribution in [0.1, 0.15) is 26.2 Å². The number of amides is 1. The van der Waals surface area contributed by atoms with Crippen LogP contribution >= 0.6 is 0 Å². The lowest BCUT2D eigenvalue weighted by molar-refractivity contribution is -0.126. The van der Waals surface area contributed by atoms with E-state index >= 15 is 0 Å². The van der Waals surface area contributed by atoms with E-state index in [1.54, 1.807) is 0 Å². The van der Waals surface area contributed by atoms with Gasteiger partial charge in [-0.3, -0.25) is 4.79 Å². The van der Waals surface area contributed by atoms with Crippen molar-refractivity contribution in [1.29, 1.82) is 0 Å². The molecule has 1 N–H and O–H groups in total. The van der Waals surface area contributed by atoms with E-state index < -0.39 is 16.1 Å². The predicted molar refractivity (Wildman–Crippen MR) is 60.3 cm³/mol. The Labute approximate surface area is 96.2 Å². The first kappa shape index (κ1) is 11.9. The highest BCUT2D eigenvalue weighted by molar-refractivity contribution is 7.89. The highest BCUT2D eigenvalue weighted by Gasteiger charge is 2.39. The number of hydrogen-bond acceptors (Lipinski definition) is 3. The maximum atomic E-state index is 12.1. The molecule has 0 bridgehead atoms. The molecule has 1 aliphatic carbocycles. The molecule has 2 rings (SSSR count). The molecule has 0 aromatic rings. The first-order valence-electron chi connectivity index (χ1n) is 5.82. The van der Waals surface area contributed by atoms with Gasteiger partial charge in [-0.2, -0.15) is 4.31 Å². The molecule has 1 atom stereocenters. The van der Waals surface area contributed by atoms with Crippen molar-refractivity contribution >= 4 is 15.9 Å². The van der Waals surface area contributed by atoms with Crippen LogP contribution in [0.15, 0.2) is 0 Å². The fraction of sp³-hybridized carbons (Fsp3) is 0.900. The van der Waals surface area contributed by atoms with Gasteiger partial charge >= 0.3 is 0 Å². The molecule has 5 nitrogen and oxygen atoms in total. The van der Waals surface area contributed by atoms with Crippen molar-refractivity contribution in [2.75, 3.05) is 18.8 Å². The third-order valence-electron chi connectivity index (χ3n) is 3.17. The van der Waals surface area contributed by atoms with Crippen LogP contribution in [0.25, 0.3) is 0 Å². The number of rotatable bonds is 4. The van der Waals surface area contributed by atoms with E-state index in [9.17, 15) is 13.2 Å². The predicted octanol–water partition coefficient (Wildman–Crippen LogP) is -0.0634. The fourth-order valence-electron chi connectivity index (χ4n) is 2.09. The summed E-state index contributed by atoms with van der Waals surface area (Å²) in [6.45, 7) is 2.69. The summed E-state index contributed by atoms with van der Waals surface area (Å²) in [6.07, 6.45) is 2.56. The molecule has 0 spiro atoms. The van der Waals surface area contributed by atoms with Gasteiger partial charge in [0.1, 0.15) is 6.04 Å². The summed E-state index contributed by atoms with van der Waals surface area (Å²) in [6, 6.07) is -0.502. The van der Waals surface area contributed by atoms with Gasteiger partial charge in [-0.25, -0.2) is 8.42 Å². The first-order valence-corrected chi connectivity index (χ1v) is 7.42. The molecule has 0 aromatic carbocycles. The zero-order valence-electron chi connectivity index (χ0n) is 9.48. The average molecular weight is 246 g/mol. The number of piperazine rings is 1. The maximum absolute atomic E-state index is 12.1. The number of carbonyl (C=O) groups excluding carboxylic acids is 1. The Morgan fingerprint density at radius 3 is 2.69 bits per heavy atom. The highest BCUT2D eigenvalue weighted by atomic mass is 32.2. The van der Waals surface area contributed by atoms with Crippen LogP contribution in [0.4, 0.5) is 0 Å². The van der Waals surface area contributed by atoms with E-state index in [-0.39, 0.29) is 11.7 Å². The minimum Gasteiger partial charge on any atom is -0.353 e. The number of nitrogens with one attached hydrogen (secondary N) is 1. The van der Waals surface area contributed by atoms with Crippen LogP contribution in [0.2, 0.25) is 0 Å². The molecule has 92 valence electrons. The van der Waals surface area contributed by atoms with Crippen LogP contribution in [0.5, 0.6) is 0 Å². The fourth-order valence-corrected chi connectivity index (χ4v) is 4.22. The van der Waals surface area contributed by atoms with E-state index in [2.05, 4.69) is 5.32 Å². The molecule has 0 radical (unpaired) electrons. The second-order valence-corrected chi connectivity index (χ2v) is 6.51. The Morgan fingerprint density at radius 2 is 2.12 bits per heavy atom. The van der Waals surface area contributed by atoms with Crippen molar-refractivity contribution in [3.05, 3.63) is 0 Å². The summed E-state index contributed by atoms with van der Waals surface area (Å²) in [5.74, 6) is 0.386. The Hall–Kier alpha value is -0.620. The van der Waals surface area contributed by atoms with Crippen molar-refractivity contribution in [2.24, 2.45) is 5.92 Å². The molecule has 0 aromatic heterocycles. The zero-order valence-corrected chi connectivity index (χ0v) is 10.3. The van der Waals surface area contributed by atoms with Gasteiger partial charge in [0.25, 0.3) is 0 Å². The molecule has 1 unspecified atom stereocenters. The molecule has 1 heterocycles. The van der Waals surface area contributed by atoms with Crippen LogP contribution < -0.4 is 5.32 Å². The molecule has 2 aliphatic rings. The second kappa shape index (κ2) is 4.33. The van der Waals surface area contributed by atoms with E-state index in [0.717, 1.165) is 12.8 Å². The summed E-state index contributed by atoms with van der Waals surface area (Å²) in [7, 11) is -3.24. The molecule has 6 heteroatoms. The van der Waals surface area contributed by atoms with Gasteiger partial charge in [0.05, 0.1) is 5.75 Å². The largest absolute Gasteiger partial charge is 0.353 e. The lowest BCUT2D eigenvalue weighted by Crippen LogP contribution is -2.57. The van der Waals surface area contributed by atoms with Gasteiger partial charge < -0.3 is 5.32 Å². The Morgan fingerprint density at radius 1 is 1.44 bits per heavy atom. The Kier molecular flexibility index (Phi) is 3.21. The van der Waals surface area contributed by atoms with Gasteiger partial charge in [0.2, 0.25) is 15.9 Å². The molecule has 1 saturated heterocycles. The van der Waals surface area contributed by atoms with Gasteiger partial charge in [-0.1, -0.05) is 6.92 Å². The minimum atomic E-state index is -3.24. The van der Waals surface area contributed by atoms with Gasteiger partial charge in [-0.15, -0.1) is 0 Å². The molecule has 1 aliphatic heterocycles. The smallest absolute Gasteiger partial charge is 0.238 e. The maximum Gasteiger partial charge on any atom is 0.238 e. The topological polar surface area (TPSA) is 66.5 Å². The van der Waals surface area contributed by atoms with Crippen LogP contribution in [-0.2, 0) is 14.8 Å². The van der Waals surface area contributed by atoms with Crippen LogP contribution in [0.3, 0.4) is 0 Å². The Balaban J connectivity index is 2.13. The summed E-state index contributed by atoms with van der Waals surface area (Å²) in [5, 5.41) is 2.71. The minimum absolute atomic E-state index is 0.159. The molecular weight excluding hydrogens is 228 g/mol. The number of hydrogen-bond donors (Lipinski definition) is 1. The third-order valence-corrected chi connectivity index (χ3v) is 5.21. The zero-order chi connectivity index (χ0) is 11.8. The van der Waals surface area contributed by atoms with Crippen molar-refractivity contribution in [3.63, 3.8) is 0 Å². The summed E-state index contributed by atoms with van der Waals surface area (Å²) in [5.41, 5.74) is 0. The molecule has 1 saturated carbocycles. The Bertz CT molecular complexity index is 376. The van der Waals surface area contributed by atoms with Crippen LogP contribution in [-0.4, -0.2) is 43.5 Å². The lowest BCUT2D eigenvalue weighted by atomic mass is 10.2. The molecule has 1 amide bonds. The quantitative estimate of drug-likeness (QED) is 0.755. The lowest BCUT2D eigenvalue weighted by Gasteiger charge is -2.33. The molecule has 16 heavy (non-hydrogen) atoms. The number of carbonyl (C=O) groups is 1. The summed E-state index contributed by atoms with van der Waals surface area (Å²) >= 11 is 0. The number of nitrogens with zero attached hydrogens (tertiary/aromatic N) is 1. The van der Waals surface area contributed by atoms with Crippen molar-refractivity contribution in [2.45, 2.75) is 32.2 Å². The van der Waals surface area contributed by atoms with E-state index in [0.29, 0.717) is 25.4 Å². The van der Waals surface area contributed by atoms with E-state index in [1.807, 2.05) is 6.92 Å². The monoisotopic (exact) mass is 246 g/mol. The van der Waals surface area contributed by atoms with Crippen LogP contribution in [0, 0.1) is 5.92 Å². The molecular formula is C10H18N2O3S. The highest BCUT2D eigenvalue weighted by Crippen LogP contribution is 2.31. The van der Waals surface area contributed by atoms with Gasteiger partial charge in [-0.05, 0) is 25.2 Å². The van der Waals surface area contributed by atoms with Gasteiger partial charge in [0, 0.05) is 13.1 Å². The van der Waals surface area contributed by atoms with Gasteiger partial charge in [0.15, 0.2) is 0 Å². The normalized spacial score (nSPS) is 27.8. The molecule has 2 fully saturated rings. The third kappa shape index (κ3) is 2.38. The first-order chi connectivity index (χ1) is 7.54. The number of sulfonamides is 1. The van der Waals surface area contributed by atoms with E-state index in [4.69, 9.17) is 0 Å². The standard InChI is InChI=1S/C10H18N2O3S/c1-2-9-10(13)11-5-6-12(9)16(14,15)7-8-3-4-8/h8-9H,2-7H2,1H3,(H,11,13).